The second-order valence-electron chi connectivity index (χ2n) is 5.35. The molecule has 0 amide bonds. The van der Waals surface area contributed by atoms with Crippen LogP contribution < -0.4 is 11.1 Å². The Morgan fingerprint density at radius 2 is 2.15 bits per heavy atom. The van der Waals surface area contributed by atoms with E-state index >= 15 is 0 Å². The van der Waals surface area contributed by atoms with Gasteiger partial charge in [0.25, 0.3) is 0 Å². The van der Waals surface area contributed by atoms with Crippen LogP contribution in [0.3, 0.4) is 0 Å². The lowest BCUT2D eigenvalue weighted by Crippen LogP contribution is -2.33. The molecule has 0 spiro atoms. The number of hydrogen-bond acceptors (Lipinski definition) is 4. The number of benzene rings is 1. The number of aromatic carboxylic acids is 1. The molecule has 0 unspecified atom stereocenters. The number of nitrogens with two attached hydrogens (primary N) is 1. The third kappa shape index (κ3) is 3.39. The number of carboxylic acids is 1. The van der Waals surface area contributed by atoms with Gasteiger partial charge in [-0.1, -0.05) is 0 Å². The first-order chi connectivity index (χ1) is 9.47. The van der Waals surface area contributed by atoms with E-state index in [9.17, 15) is 9.18 Å². The van der Waals surface area contributed by atoms with Gasteiger partial charge < -0.3 is 21.1 Å². The Morgan fingerprint density at radius 3 is 2.75 bits per heavy atom. The largest absolute Gasteiger partial charge is 0.478 e. The fraction of sp³-hybridized carbons (Fsp3) is 0.500. The number of nitrogens with zero attached hydrogens (tertiary/aromatic N) is 1. The molecule has 1 aliphatic rings. The fourth-order valence-electron chi connectivity index (χ4n) is 2.43. The number of rotatable bonds is 4. The van der Waals surface area contributed by atoms with Crippen molar-refractivity contribution in [1.29, 1.82) is 0 Å². The summed E-state index contributed by atoms with van der Waals surface area (Å²) in [6.07, 6.45) is 2.12. The number of nitrogens with one attached hydrogen (secondary N) is 1. The van der Waals surface area contributed by atoms with Crippen LogP contribution in [0.4, 0.5) is 15.8 Å². The molecule has 1 fully saturated rings. The highest BCUT2D eigenvalue weighted by molar-refractivity contribution is 5.94. The van der Waals surface area contributed by atoms with Gasteiger partial charge in [-0.05, 0) is 51.0 Å². The van der Waals surface area contributed by atoms with E-state index in [1.807, 2.05) is 0 Å². The smallest absolute Gasteiger partial charge is 0.337 e. The van der Waals surface area contributed by atoms with Crippen LogP contribution >= 0.6 is 0 Å². The predicted octanol–water partition coefficient (Wildman–Crippen LogP) is 1.86. The van der Waals surface area contributed by atoms with Gasteiger partial charge in [-0.2, -0.15) is 0 Å². The van der Waals surface area contributed by atoms with Gasteiger partial charge in [0.2, 0.25) is 0 Å². The standard InChI is InChI=1S/C14H20FN3O2/c1-18-4-2-9(3-5-18)8-17-13-6-10(14(19)20)12(16)7-11(13)15/h6-7,9,17H,2-5,8,16H2,1H3,(H,19,20). The number of likely N-dealkylation sites (tertiary alicyclic amines) is 1. The van der Waals surface area contributed by atoms with E-state index in [1.165, 1.54) is 6.07 Å². The third-order valence-electron chi connectivity index (χ3n) is 3.79. The molecule has 6 heteroatoms. The van der Waals surface area contributed by atoms with Crippen LogP contribution in [0, 0.1) is 11.7 Å². The number of hydrogen-bond donors (Lipinski definition) is 3. The van der Waals surface area contributed by atoms with Crippen LogP contribution in [0.5, 0.6) is 0 Å². The van der Waals surface area contributed by atoms with Gasteiger partial charge in [-0.3, -0.25) is 0 Å². The first-order valence-electron chi connectivity index (χ1n) is 6.72. The lowest BCUT2D eigenvalue weighted by Gasteiger charge is -2.29. The molecule has 0 saturated carbocycles. The molecule has 4 N–H and O–H groups in total. The summed E-state index contributed by atoms with van der Waals surface area (Å²) in [5.74, 6) is -1.18. The molecular weight excluding hydrogens is 261 g/mol. The summed E-state index contributed by atoms with van der Waals surface area (Å²) in [4.78, 5) is 13.3. The molecule has 20 heavy (non-hydrogen) atoms. The van der Waals surface area contributed by atoms with E-state index in [-0.39, 0.29) is 16.9 Å². The highest BCUT2D eigenvalue weighted by Gasteiger charge is 2.18. The number of piperidine rings is 1. The first-order valence-corrected chi connectivity index (χ1v) is 6.72. The quantitative estimate of drug-likeness (QED) is 0.734. The van der Waals surface area contributed by atoms with Crippen molar-refractivity contribution in [3.63, 3.8) is 0 Å². The van der Waals surface area contributed by atoms with Crippen molar-refractivity contribution in [2.24, 2.45) is 5.92 Å². The topological polar surface area (TPSA) is 78.6 Å². The summed E-state index contributed by atoms with van der Waals surface area (Å²) in [6, 6.07) is 2.32. The van der Waals surface area contributed by atoms with E-state index in [0.717, 1.165) is 32.0 Å². The van der Waals surface area contributed by atoms with E-state index in [4.69, 9.17) is 10.8 Å². The van der Waals surface area contributed by atoms with Gasteiger partial charge in [0.1, 0.15) is 5.82 Å². The van der Waals surface area contributed by atoms with Gasteiger partial charge >= 0.3 is 5.97 Å². The molecule has 0 bridgehead atoms. The molecule has 0 radical (unpaired) electrons. The molecule has 110 valence electrons. The van der Waals surface area contributed by atoms with Crippen LogP contribution in [0.25, 0.3) is 0 Å². The molecule has 1 aliphatic heterocycles. The van der Waals surface area contributed by atoms with E-state index in [1.54, 1.807) is 0 Å². The van der Waals surface area contributed by atoms with Crippen LogP contribution in [-0.2, 0) is 0 Å². The van der Waals surface area contributed by atoms with Crippen molar-refractivity contribution < 1.29 is 14.3 Å². The average Bonchev–Trinajstić information content (AvgIpc) is 2.39. The molecule has 1 aromatic rings. The Labute approximate surface area is 117 Å². The molecule has 0 aliphatic carbocycles. The van der Waals surface area contributed by atoms with Gasteiger partial charge in [0, 0.05) is 12.2 Å². The van der Waals surface area contributed by atoms with Gasteiger partial charge in [-0.25, -0.2) is 9.18 Å². The number of carbonyl (C=O) groups is 1. The third-order valence-corrected chi connectivity index (χ3v) is 3.79. The maximum Gasteiger partial charge on any atom is 0.337 e. The summed E-state index contributed by atoms with van der Waals surface area (Å²) in [7, 11) is 2.09. The van der Waals surface area contributed by atoms with Crippen LogP contribution in [0.1, 0.15) is 23.2 Å². The van der Waals surface area contributed by atoms with Crippen molar-refractivity contribution in [3.8, 4) is 0 Å². The minimum atomic E-state index is -1.15. The molecule has 5 nitrogen and oxygen atoms in total. The Morgan fingerprint density at radius 1 is 1.50 bits per heavy atom. The second-order valence-corrected chi connectivity index (χ2v) is 5.35. The van der Waals surface area contributed by atoms with Crippen LogP contribution in [0.15, 0.2) is 12.1 Å². The number of anilines is 2. The second kappa shape index (κ2) is 6.09. The highest BCUT2D eigenvalue weighted by atomic mass is 19.1. The normalized spacial score (nSPS) is 17.1. The Balaban J connectivity index is 2.02. The van der Waals surface area contributed by atoms with Crippen LogP contribution in [-0.4, -0.2) is 42.7 Å². The van der Waals surface area contributed by atoms with Crippen molar-refractivity contribution in [1.82, 2.24) is 4.90 Å². The van der Waals surface area contributed by atoms with E-state index in [2.05, 4.69) is 17.3 Å². The Hall–Kier alpha value is -1.82. The zero-order chi connectivity index (χ0) is 14.7. The lowest BCUT2D eigenvalue weighted by molar-refractivity contribution is 0.0698. The van der Waals surface area contributed by atoms with Crippen LogP contribution in [0.2, 0.25) is 0 Å². The minimum Gasteiger partial charge on any atom is -0.478 e. The summed E-state index contributed by atoms with van der Waals surface area (Å²) < 4.78 is 13.8. The van der Waals surface area contributed by atoms with E-state index < -0.39 is 11.8 Å². The zero-order valence-corrected chi connectivity index (χ0v) is 11.5. The molecule has 1 heterocycles. The van der Waals surface area contributed by atoms with Crippen molar-refractivity contribution in [2.75, 3.05) is 37.7 Å². The molecule has 2 rings (SSSR count). The average molecular weight is 281 g/mol. The van der Waals surface area contributed by atoms with E-state index in [0.29, 0.717) is 12.5 Å². The van der Waals surface area contributed by atoms with Gasteiger partial charge in [0.15, 0.2) is 0 Å². The summed E-state index contributed by atoms with van der Waals surface area (Å²) >= 11 is 0. The maximum atomic E-state index is 13.8. The minimum absolute atomic E-state index is 0.0557. The zero-order valence-electron chi connectivity index (χ0n) is 11.5. The van der Waals surface area contributed by atoms with Crippen molar-refractivity contribution in [2.45, 2.75) is 12.8 Å². The summed E-state index contributed by atoms with van der Waals surface area (Å²) in [5.41, 5.74) is 5.57. The molecule has 1 aromatic carbocycles. The number of halogens is 1. The SMILES string of the molecule is CN1CCC(CNc2cc(C(=O)O)c(N)cc2F)CC1. The number of nitrogen functional groups attached to an aromatic ring is 1. The Bertz CT molecular complexity index is 499. The highest BCUT2D eigenvalue weighted by Crippen LogP contribution is 2.24. The molecular formula is C14H20FN3O2. The predicted molar refractivity (Wildman–Crippen MR) is 76.5 cm³/mol. The lowest BCUT2D eigenvalue weighted by atomic mass is 9.97. The maximum absolute atomic E-state index is 13.8. The molecule has 0 atom stereocenters. The Kier molecular flexibility index (Phi) is 4.44. The fourth-order valence-corrected chi connectivity index (χ4v) is 2.43. The molecule has 1 saturated heterocycles. The van der Waals surface area contributed by atoms with Crippen molar-refractivity contribution in [3.05, 3.63) is 23.5 Å². The number of carboxylic acid groups (broad SMARTS) is 1. The monoisotopic (exact) mass is 281 g/mol. The van der Waals surface area contributed by atoms with Gasteiger partial charge in [-0.15, -0.1) is 0 Å². The van der Waals surface area contributed by atoms with Gasteiger partial charge in [0.05, 0.1) is 11.3 Å². The first kappa shape index (κ1) is 14.6. The summed E-state index contributed by atoms with van der Waals surface area (Å²) in [6.45, 7) is 2.72. The summed E-state index contributed by atoms with van der Waals surface area (Å²) in [5, 5.41) is 12.0. The van der Waals surface area contributed by atoms with Crippen molar-refractivity contribution >= 4 is 17.3 Å². The molecule has 0 aromatic heterocycles.